The van der Waals surface area contributed by atoms with E-state index in [9.17, 15) is 40.3 Å². The second kappa shape index (κ2) is 9.57. The molecule has 2 atom stereocenters. The highest BCUT2D eigenvalue weighted by atomic mass is 35.5. The first kappa shape index (κ1) is 27.8. The lowest BCUT2D eigenvalue weighted by Crippen LogP contribution is -2.49. The van der Waals surface area contributed by atoms with Crippen molar-refractivity contribution in [2.45, 2.75) is 43.6 Å². The van der Waals surface area contributed by atoms with Crippen molar-refractivity contribution >= 4 is 22.9 Å². The molecular formula is C24H22ClF7N2O2. The summed E-state index contributed by atoms with van der Waals surface area (Å²) in [5.41, 5.74) is -4.75. The van der Waals surface area contributed by atoms with Gasteiger partial charge in [-0.25, -0.2) is 4.39 Å². The van der Waals surface area contributed by atoms with Crippen LogP contribution in [0, 0.1) is 5.82 Å². The minimum absolute atomic E-state index is 0.000729. The van der Waals surface area contributed by atoms with Crippen LogP contribution in [0.2, 0.25) is 0 Å². The number of carbonyl (C=O) groups is 2. The molecule has 2 aromatic carbocycles. The Hall–Kier alpha value is -2.82. The van der Waals surface area contributed by atoms with E-state index in [1.807, 2.05) is 0 Å². The third-order valence-electron chi connectivity index (χ3n) is 6.50. The summed E-state index contributed by atoms with van der Waals surface area (Å²) in [4.78, 5) is 27.8. The van der Waals surface area contributed by atoms with Gasteiger partial charge in [0, 0.05) is 26.1 Å². The zero-order valence-electron chi connectivity index (χ0n) is 19.3. The third kappa shape index (κ3) is 5.61. The molecule has 0 aliphatic carbocycles. The average molecular weight is 539 g/mol. The Labute approximate surface area is 207 Å². The van der Waals surface area contributed by atoms with Crippen LogP contribution in [-0.2, 0) is 22.6 Å². The molecule has 0 unspecified atom stereocenters. The first-order valence-electron chi connectivity index (χ1n) is 10.7. The van der Waals surface area contributed by atoms with E-state index in [0.29, 0.717) is 17.7 Å². The molecule has 2 aromatic rings. The molecule has 1 saturated heterocycles. The van der Waals surface area contributed by atoms with Crippen molar-refractivity contribution in [3.05, 3.63) is 70.5 Å². The highest BCUT2D eigenvalue weighted by Crippen LogP contribution is 2.40. The molecule has 0 saturated carbocycles. The molecule has 0 aromatic heterocycles. The summed E-state index contributed by atoms with van der Waals surface area (Å²) in [7, 11) is 1.35. The number of carbonyl (C=O) groups excluding carboxylic acids is 2. The highest BCUT2D eigenvalue weighted by molar-refractivity contribution is 6.62. The number of benzene rings is 2. The SMILES string of the molecule is CN(C(=O)C(C)(C)c1cc(C(F)(F)F)cc(C(F)(F)F)c1)[C@@H]1CN(C(=O)Cl)C[C@H]1c1ccc(F)cc1. The van der Waals surface area contributed by atoms with Crippen LogP contribution in [0.15, 0.2) is 42.5 Å². The van der Waals surface area contributed by atoms with E-state index >= 15 is 0 Å². The Morgan fingerprint density at radius 2 is 1.36 bits per heavy atom. The number of hydrogen-bond acceptors (Lipinski definition) is 2. The lowest BCUT2D eigenvalue weighted by molar-refractivity contribution is -0.144. The highest BCUT2D eigenvalue weighted by Gasteiger charge is 2.45. The monoisotopic (exact) mass is 538 g/mol. The molecule has 2 amide bonds. The molecule has 12 heteroatoms. The lowest BCUT2D eigenvalue weighted by Gasteiger charge is -2.36. The molecule has 3 rings (SSSR count). The first-order chi connectivity index (χ1) is 16.4. The van der Waals surface area contributed by atoms with Crippen LogP contribution < -0.4 is 0 Å². The Balaban J connectivity index is 2.02. The van der Waals surface area contributed by atoms with Gasteiger partial charge in [-0.15, -0.1) is 0 Å². The summed E-state index contributed by atoms with van der Waals surface area (Å²) < 4.78 is 93.7. The molecular weight excluding hydrogens is 517 g/mol. The van der Waals surface area contributed by atoms with Crippen molar-refractivity contribution in [3.63, 3.8) is 0 Å². The molecule has 36 heavy (non-hydrogen) atoms. The van der Waals surface area contributed by atoms with Crippen LogP contribution >= 0.6 is 11.6 Å². The van der Waals surface area contributed by atoms with E-state index in [2.05, 4.69) is 0 Å². The normalized spacial score (nSPS) is 18.9. The summed E-state index contributed by atoms with van der Waals surface area (Å²) in [6.07, 6.45) is -10.1. The van der Waals surface area contributed by atoms with Crippen molar-refractivity contribution in [3.8, 4) is 0 Å². The van der Waals surface area contributed by atoms with E-state index in [-0.39, 0.29) is 19.2 Å². The van der Waals surface area contributed by atoms with Gasteiger partial charge < -0.3 is 9.80 Å². The Kier molecular flexibility index (Phi) is 7.38. The summed E-state index contributed by atoms with van der Waals surface area (Å²) in [6, 6.07) is 5.68. The van der Waals surface area contributed by atoms with E-state index < -0.39 is 63.5 Å². The Bertz CT molecular complexity index is 1110. The number of hydrogen-bond donors (Lipinski definition) is 0. The van der Waals surface area contributed by atoms with Gasteiger partial charge in [-0.05, 0) is 66.9 Å². The number of halogens is 8. The second-order valence-electron chi connectivity index (χ2n) is 9.22. The van der Waals surface area contributed by atoms with Gasteiger partial charge in [0.05, 0.1) is 22.6 Å². The molecule has 1 aliphatic heterocycles. The number of likely N-dealkylation sites (tertiary alicyclic amines) is 1. The van der Waals surface area contributed by atoms with Gasteiger partial charge in [0.15, 0.2) is 0 Å². The summed E-state index contributed by atoms with van der Waals surface area (Å²) in [5, 5.41) is -0.794. The van der Waals surface area contributed by atoms with E-state index in [4.69, 9.17) is 11.6 Å². The fourth-order valence-corrected chi connectivity index (χ4v) is 4.53. The van der Waals surface area contributed by atoms with Crippen LogP contribution in [0.25, 0.3) is 0 Å². The summed E-state index contributed by atoms with van der Waals surface area (Å²) in [5.74, 6) is -1.80. The van der Waals surface area contributed by atoms with Crippen LogP contribution in [0.3, 0.4) is 0 Å². The number of likely N-dealkylation sites (N-methyl/N-ethyl adjacent to an activating group) is 1. The average Bonchev–Trinajstić information content (AvgIpc) is 3.23. The quantitative estimate of drug-likeness (QED) is 0.256. The van der Waals surface area contributed by atoms with Crippen LogP contribution in [0.5, 0.6) is 0 Å². The fourth-order valence-electron chi connectivity index (χ4n) is 4.39. The Morgan fingerprint density at radius 1 is 0.889 bits per heavy atom. The third-order valence-corrected chi connectivity index (χ3v) is 6.74. The predicted octanol–water partition coefficient (Wildman–Crippen LogP) is 6.43. The molecule has 0 bridgehead atoms. The van der Waals surface area contributed by atoms with Crippen molar-refractivity contribution in [1.29, 1.82) is 0 Å². The number of nitrogens with zero attached hydrogens (tertiary/aromatic N) is 2. The molecule has 0 N–H and O–H groups in total. The topological polar surface area (TPSA) is 40.6 Å². The summed E-state index contributed by atoms with van der Waals surface area (Å²) in [6.45, 7) is 2.51. The molecule has 196 valence electrons. The minimum atomic E-state index is -5.07. The standard InChI is InChI=1S/C24H22ClF7N2O2/c1-22(2,14-8-15(23(27,28)29)10-16(9-14)24(30,31)32)20(35)33(3)19-12-34(21(25)36)11-18(19)13-4-6-17(26)7-5-13/h4-10,18-19H,11-12H2,1-3H3/t18-,19+/m0/s1. The van der Waals surface area contributed by atoms with Gasteiger partial charge in [0.25, 0.3) is 0 Å². The number of rotatable bonds is 4. The van der Waals surface area contributed by atoms with Gasteiger partial charge in [-0.1, -0.05) is 12.1 Å². The zero-order valence-corrected chi connectivity index (χ0v) is 20.1. The van der Waals surface area contributed by atoms with Gasteiger partial charge in [-0.3, -0.25) is 9.59 Å². The maximum Gasteiger partial charge on any atom is 0.416 e. The smallest absolute Gasteiger partial charge is 0.340 e. The van der Waals surface area contributed by atoms with E-state index in [1.165, 1.54) is 55.0 Å². The van der Waals surface area contributed by atoms with Gasteiger partial charge in [-0.2, -0.15) is 26.3 Å². The first-order valence-corrected chi connectivity index (χ1v) is 11.1. The molecule has 1 aliphatic rings. The van der Waals surface area contributed by atoms with Gasteiger partial charge >= 0.3 is 17.7 Å². The van der Waals surface area contributed by atoms with Crippen LogP contribution in [-0.4, -0.2) is 47.3 Å². The largest absolute Gasteiger partial charge is 0.416 e. The lowest BCUT2D eigenvalue weighted by atomic mass is 9.80. The van der Waals surface area contributed by atoms with Gasteiger partial charge in [0.2, 0.25) is 5.91 Å². The van der Waals surface area contributed by atoms with Crippen molar-refractivity contribution in [1.82, 2.24) is 9.80 Å². The Morgan fingerprint density at radius 3 is 1.81 bits per heavy atom. The molecule has 0 radical (unpaired) electrons. The van der Waals surface area contributed by atoms with Crippen molar-refractivity contribution in [2.24, 2.45) is 0 Å². The molecule has 1 fully saturated rings. The van der Waals surface area contributed by atoms with E-state index in [0.717, 1.165) is 0 Å². The van der Waals surface area contributed by atoms with Crippen molar-refractivity contribution < 1.29 is 40.3 Å². The van der Waals surface area contributed by atoms with Gasteiger partial charge in [0.1, 0.15) is 5.82 Å². The van der Waals surface area contributed by atoms with Crippen LogP contribution in [0.4, 0.5) is 35.5 Å². The minimum Gasteiger partial charge on any atom is -0.340 e. The second-order valence-corrected chi connectivity index (χ2v) is 9.54. The number of amides is 2. The van der Waals surface area contributed by atoms with Crippen molar-refractivity contribution in [2.75, 3.05) is 20.1 Å². The number of alkyl halides is 6. The molecule has 0 spiro atoms. The van der Waals surface area contributed by atoms with Crippen LogP contribution in [0.1, 0.15) is 42.0 Å². The predicted molar refractivity (Wildman–Crippen MR) is 118 cm³/mol. The fraction of sp³-hybridized carbons (Fsp3) is 0.417. The molecule has 4 nitrogen and oxygen atoms in total. The molecule has 1 heterocycles. The zero-order chi connectivity index (χ0) is 27.2. The van der Waals surface area contributed by atoms with E-state index in [1.54, 1.807) is 0 Å². The maximum absolute atomic E-state index is 13.5. The maximum atomic E-state index is 13.5. The summed E-state index contributed by atoms with van der Waals surface area (Å²) >= 11 is 5.63.